The smallest absolute Gasteiger partial charge is 0.151 e. The summed E-state index contributed by atoms with van der Waals surface area (Å²) < 4.78 is 0. The highest BCUT2D eigenvalue weighted by Gasteiger charge is 2.28. The lowest BCUT2D eigenvalue weighted by molar-refractivity contribution is 0.305. The van der Waals surface area contributed by atoms with E-state index in [-0.39, 0.29) is 0 Å². The minimum absolute atomic E-state index is 0.519. The Bertz CT molecular complexity index is 349. The topological polar surface area (TPSA) is 55.0 Å². The van der Waals surface area contributed by atoms with Crippen molar-refractivity contribution in [2.24, 2.45) is 11.7 Å². The molecule has 1 aromatic rings. The number of aromatic nitrogens is 2. The Balaban J connectivity index is 2.12. The highest BCUT2D eigenvalue weighted by molar-refractivity contribution is 5.37. The van der Waals surface area contributed by atoms with Crippen LogP contribution in [-0.4, -0.2) is 29.8 Å². The molecule has 1 aromatic heterocycles. The van der Waals surface area contributed by atoms with Gasteiger partial charge in [-0.15, -0.1) is 5.10 Å². The van der Waals surface area contributed by atoms with Gasteiger partial charge in [0.1, 0.15) is 0 Å². The number of aryl methyl sites for hydroxylation is 1. The monoisotopic (exact) mass is 234 g/mol. The summed E-state index contributed by atoms with van der Waals surface area (Å²) in [5, 5.41) is 8.38. The van der Waals surface area contributed by atoms with Crippen molar-refractivity contribution in [3.63, 3.8) is 0 Å². The molecule has 0 aliphatic heterocycles. The Morgan fingerprint density at radius 2 is 2.06 bits per heavy atom. The van der Waals surface area contributed by atoms with Gasteiger partial charge in [-0.1, -0.05) is 12.8 Å². The standard InChI is InChI=1S/C13H22N4/c1-10-7-8-13(16-15-10)17(2)12-6-4-3-5-11(12)9-14/h7-8,11-12H,3-6,9,14H2,1-2H3. The fraction of sp³-hybridized carbons (Fsp3) is 0.692. The van der Waals surface area contributed by atoms with Crippen LogP contribution in [0, 0.1) is 12.8 Å². The van der Waals surface area contributed by atoms with Gasteiger partial charge in [-0.05, 0) is 44.4 Å². The second-order valence-corrected chi connectivity index (χ2v) is 4.99. The van der Waals surface area contributed by atoms with Crippen molar-refractivity contribution in [1.29, 1.82) is 0 Å². The van der Waals surface area contributed by atoms with Gasteiger partial charge in [0, 0.05) is 13.1 Å². The van der Waals surface area contributed by atoms with Crippen LogP contribution in [0.25, 0.3) is 0 Å². The third-order valence-corrected chi connectivity index (χ3v) is 3.81. The third-order valence-electron chi connectivity index (χ3n) is 3.81. The molecule has 17 heavy (non-hydrogen) atoms. The fourth-order valence-corrected chi connectivity index (χ4v) is 2.72. The summed E-state index contributed by atoms with van der Waals surface area (Å²) in [6.07, 6.45) is 5.06. The molecule has 0 amide bonds. The zero-order valence-corrected chi connectivity index (χ0v) is 10.8. The first kappa shape index (κ1) is 12.3. The maximum absolute atomic E-state index is 5.87. The SMILES string of the molecule is Cc1ccc(N(C)C2CCCCC2CN)nn1. The largest absolute Gasteiger partial charge is 0.355 e. The van der Waals surface area contributed by atoms with Gasteiger partial charge in [0.25, 0.3) is 0 Å². The van der Waals surface area contributed by atoms with Crippen molar-refractivity contribution < 1.29 is 0 Å². The molecule has 2 atom stereocenters. The van der Waals surface area contributed by atoms with Crippen molar-refractivity contribution in [1.82, 2.24) is 10.2 Å². The second kappa shape index (κ2) is 5.45. The van der Waals surface area contributed by atoms with Gasteiger partial charge in [-0.25, -0.2) is 0 Å². The van der Waals surface area contributed by atoms with Gasteiger partial charge in [0.2, 0.25) is 0 Å². The fourth-order valence-electron chi connectivity index (χ4n) is 2.72. The normalized spacial score (nSPS) is 24.6. The van der Waals surface area contributed by atoms with Gasteiger partial charge < -0.3 is 10.6 Å². The molecule has 4 nitrogen and oxygen atoms in total. The molecular weight excluding hydrogens is 212 g/mol. The highest BCUT2D eigenvalue weighted by Crippen LogP contribution is 2.29. The quantitative estimate of drug-likeness (QED) is 0.865. The van der Waals surface area contributed by atoms with E-state index >= 15 is 0 Å². The van der Waals surface area contributed by atoms with E-state index in [0.717, 1.165) is 18.1 Å². The van der Waals surface area contributed by atoms with Crippen LogP contribution in [0.1, 0.15) is 31.4 Å². The molecule has 1 saturated carbocycles. The van der Waals surface area contributed by atoms with E-state index in [2.05, 4.69) is 22.1 Å². The van der Waals surface area contributed by atoms with E-state index in [1.165, 1.54) is 25.7 Å². The van der Waals surface area contributed by atoms with Crippen LogP contribution in [0.2, 0.25) is 0 Å². The summed E-state index contributed by atoms with van der Waals surface area (Å²) in [5.41, 5.74) is 6.83. The molecule has 0 saturated heterocycles. The molecular formula is C13H22N4. The molecule has 0 aromatic carbocycles. The molecule has 0 spiro atoms. The molecule has 1 aliphatic rings. The van der Waals surface area contributed by atoms with Gasteiger partial charge in [0.05, 0.1) is 5.69 Å². The first-order valence-corrected chi connectivity index (χ1v) is 6.45. The summed E-state index contributed by atoms with van der Waals surface area (Å²) in [6, 6.07) is 4.58. The van der Waals surface area contributed by atoms with Crippen LogP contribution in [0.4, 0.5) is 5.82 Å². The van der Waals surface area contributed by atoms with E-state index in [9.17, 15) is 0 Å². The number of nitrogens with two attached hydrogens (primary N) is 1. The maximum Gasteiger partial charge on any atom is 0.151 e. The van der Waals surface area contributed by atoms with Crippen LogP contribution in [0.3, 0.4) is 0 Å². The average molecular weight is 234 g/mol. The van der Waals surface area contributed by atoms with Crippen LogP contribution in [0.5, 0.6) is 0 Å². The van der Waals surface area contributed by atoms with Gasteiger partial charge >= 0.3 is 0 Å². The highest BCUT2D eigenvalue weighted by atomic mass is 15.3. The van der Waals surface area contributed by atoms with Crippen molar-refractivity contribution in [3.8, 4) is 0 Å². The number of nitrogens with zero attached hydrogens (tertiary/aromatic N) is 3. The predicted octanol–water partition coefficient (Wildman–Crippen LogP) is 1.74. The van der Waals surface area contributed by atoms with Gasteiger partial charge in [-0.3, -0.25) is 0 Å². The Labute approximate surface area is 103 Å². The average Bonchev–Trinajstić information content (AvgIpc) is 2.39. The number of rotatable bonds is 3. The zero-order chi connectivity index (χ0) is 12.3. The Kier molecular flexibility index (Phi) is 3.94. The van der Waals surface area contributed by atoms with E-state index in [4.69, 9.17) is 5.73 Å². The summed E-state index contributed by atoms with van der Waals surface area (Å²) in [7, 11) is 2.11. The zero-order valence-electron chi connectivity index (χ0n) is 10.8. The van der Waals surface area contributed by atoms with E-state index in [1.54, 1.807) is 0 Å². The molecule has 4 heteroatoms. The van der Waals surface area contributed by atoms with Gasteiger partial charge in [0.15, 0.2) is 5.82 Å². The molecule has 0 bridgehead atoms. The third kappa shape index (κ3) is 2.75. The number of anilines is 1. The van der Waals surface area contributed by atoms with Crippen molar-refractivity contribution in [3.05, 3.63) is 17.8 Å². The lowest BCUT2D eigenvalue weighted by Gasteiger charge is -2.37. The maximum atomic E-state index is 5.87. The summed E-state index contributed by atoms with van der Waals surface area (Å²) in [5.74, 6) is 1.55. The molecule has 1 aliphatic carbocycles. The minimum Gasteiger partial charge on any atom is -0.355 e. The van der Waals surface area contributed by atoms with Crippen LogP contribution in [-0.2, 0) is 0 Å². The van der Waals surface area contributed by atoms with Crippen molar-refractivity contribution in [2.45, 2.75) is 38.6 Å². The van der Waals surface area contributed by atoms with Gasteiger partial charge in [-0.2, -0.15) is 5.10 Å². The van der Waals surface area contributed by atoms with Crippen LogP contribution < -0.4 is 10.6 Å². The minimum atomic E-state index is 0.519. The van der Waals surface area contributed by atoms with E-state index in [1.807, 2.05) is 19.1 Å². The summed E-state index contributed by atoms with van der Waals surface area (Å²) >= 11 is 0. The van der Waals surface area contributed by atoms with Crippen LogP contribution in [0.15, 0.2) is 12.1 Å². The summed E-state index contributed by atoms with van der Waals surface area (Å²) in [4.78, 5) is 2.25. The van der Waals surface area contributed by atoms with Crippen molar-refractivity contribution >= 4 is 5.82 Å². The lowest BCUT2D eigenvalue weighted by Crippen LogP contribution is -2.43. The van der Waals surface area contributed by atoms with E-state index in [0.29, 0.717) is 12.0 Å². The molecule has 94 valence electrons. The number of hydrogen-bond donors (Lipinski definition) is 1. The van der Waals surface area contributed by atoms with Crippen LogP contribution >= 0.6 is 0 Å². The molecule has 2 unspecified atom stereocenters. The van der Waals surface area contributed by atoms with E-state index < -0.39 is 0 Å². The Hall–Kier alpha value is -1.16. The predicted molar refractivity (Wildman–Crippen MR) is 70.0 cm³/mol. The summed E-state index contributed by atoms with van der Waals surface area (Å²) in [6.45, 7) is 2.73. The lowest BCUT2D eigenvalue weighted by atomic mass is 9.84. The Morgan fingerprint density at radius 1 is 1.29 bits per heavy atom. The molecule has 2 rings (SSSR count). The second-order valence-electron chi connectivity index (χ2n) is 4.99. The first-order chi connectivity index (χ1) is 8.22. The Morgan fingerprint density at radius 3 is 2.71 bits per heavy atom. The molecule has 2 N–H and O–H groups in total. The number of hydrogen-bond acceptors (Lipinski definition) is 4. The molecule has 1 heterocycles. The molecule has 0 radical (unpaired) electrons. The molecule has 1 fully saturated rings. The van der Waals surface area contributed by atoms with Crippen molar-refractivity contribution in [2.75, 3.05) is 18.5 Å². The first-order valence-electron chi connectivity index (χ1n) is 6.45.